The van der Waals surface area contributed by atoms with Gasteiger partial charge in [-0.1, -0.05) is 48.5 Å². The predicted molar refractivity (Wildman–Crippen MR) is 391 cm³/mol. The van der Waals surface area contributed by atoms with Gasteiger partial charge in [0, 0.05) is 80.2 Å². The summed E-state index contributed by atoms with van der Waals surface area (Å²) in [5, 5.41) is 17.8. The van der Waals surface area contributed by atoms with Crippen LogP contribution in [0.1, 0.15) is 52.6 Å². The van der Waals surface area contributed by atoms with Crippen molar-refractivity contribution in [2.45, 2.75) is 86.3 Å². The van der Waals surface area contributed by atoms with Crippen LogP contribution in [0.2, 0.25) is 0 Å². The van der Waals surface area contributed by atoms with Crippen molar-refractivity contribution in [1.29, 1.82) is 0 Å². The molecular formula is C84H58F12N2O22. The first-order valence-corrected chi connectivity index (χ1v) is 36.7. The van der Waals surface area contributed by atoms with Crippen LogP contribution in [0.3, 0.4) is 0 Å². The largest absolute Gasteiger partial charge is 0.508 e. The number of nitrogens with zero attached hydrogens (tertiary/aromatic N) is 2. The molecule has 120 heavy (non-hydrogen) atoms. The number of rotatable bonds is 30. The normalized spacial score (nSPS) is 18.0. The highest BCUT2D eigenvalue weighted by molar-refractivity contribution is 6.45. The first kappa shape index (κ1) is 79.4. The average molecular weight is 1680 g/mol. The summed E-state index contributed by atoms with van der Waals surface area (Å²) < 4.78 is 258. The lowest BCUT2D eigenvalue weighted by atomic mass is 9.80. The van der Waals surface area contributed by atoms with Crippen LogP contribution in [0.25, 0.3) is 43.1 Å². The number of esters is 2. The van der Waals surface area contributed by atoms with Gasteiger partial charge in [-0.05, 0) is 108 Å². The number of carbonyl (C=O) groups excluding carboxylic acids is 6. The van der Waals surface area contributed by atoms with Gasteiger partial charge in [-0.3, -0.25) is 29.0 Å². The Morgan fingerprint density at radius 3 is 0.800 bits per heavy atom. The molecule has 0 aromatic heterocycles. The zero-order valence-electron chi connectivity index (χ0n) is 61.3. The van der Waals surface area contributed by atoms with Gasteiger partial charge in [-0.25, -0.2) is 9.59 Å². The predicted octanol–water partition coefficient (Wildman–Crippen LogP) is 15.9. The Morgan fingerprint density at radius 2 is 0.575 bits per heavy atom. The van der Waals surface area contributed by atoms with Crippen LogP contribution < -0.4 is 37.9 Å². The molecular weight excluding hydrogens is 1620 g/mol. The van der Waals surface area contributed by atoms with Crippen LogP contribution in [0.5, 0.6) is 80.5 Å². The van der Waals surface area contributed by atoms with E-state index >= 15 is 19.2 Å². The quantitative estimate of drug-likeness (QED) is 0.0106. The van der Waals surface area contributed by atoms with Crippen LogP contribution in [0, 0.1) is 0 Å². The number of fused-ring (bicyclic) bond motifs is 2. The molecule has 11 aromatic carbocycles. The monoisotopic (exact) mass is 1670 g/mol. The zero-order chi connectivity index (χ0) is 84.2. The minimum atomic E-state index is -6.37. The number of imide groups is 2. The van der Waals surface area contributed by atoms with Gasteiger partial charge in [0.25, 0.3) is 35.8 Å². The fraction of sp³-hybridized carbons (Fsp3) is 0.262. The maximum atomic E-state index is 16.4. The topological polar surface area (TPSA) is 292 Å². The Labute approximate surface area is 666 Å². The van der Waals surface area contributed by atoms with E-state index in [2.05, 4.69) is 9.47 Å². The molecule has 0 aliphatic carbocycles. The van der Waals surface area contributed by atoms with Crippen molar-refractivity contribution in [3.8, 4) is 80.5 Å². The number of phenolic OH excluding ortho intramolecular Hbond substituents is 2. The standard InChI is InChI=1S/C84H58F12N2O22/c85-81(86,87)79(82(88,89)90)119-77(105)59(21-39-13-17-41(99)18-14-39)97-73(101)55-27-61(115-47-9-1-5-43(23-47)107-31-51-35-111-51)67-68-62(116-48-10-2-6-44(24-48)108-32-52-36-112-52)28-57-66-58(76(104)98(75(57)103)60(22-40-15-19-42(100)20-16-40)78(106)120-80(83(91,92)93)84(94,95)96)30-64(118-50-12-4-8-46(26-50)110-34-54-38-114-54)70(72(66)68)69-63(29-56(74(97)102)65(55)71(67)69)117-49-11-3-7-45(25-49)109-33-53-37-113-53/h1-20,23-30,51-54,59-60,79-80,99-100H,21-22,31-38H2. The third-order valence-electron chi connectivity index (χ3n) is 20.0. The lowest BCUT2D eigenvalue weighted by Gasteiger charge is -2.36. The van der Waals surface area contributed by atoms with Gasteiger partial charge in [-0.2, -0.15) is 52.7 Å². The summed E-state index contributed by atoms with van der Waals surface area (Å²) in [6.45, 7) is 1.35. The highest BCUT2D eigenvalue weighted by atomic mass is 19.4. The van der Waals surface area contributed by atoms with E-state index in [1.54, 1.807) is 0 Å². The lowest BCUT2D eigenvalue weighted by Crippen LogP contribution is -2.55. The maximum absolute atomic E-state index is 16.4. The number of amides is 4. The molecule has 2 N–H and O–H groups in total. The number of benzene rings is 11. The minimum Gasteiger partial charge on any atom is -0.508 e. The Hall–Kier alpha value is -13.1. The van der Waals surface area contributed by atoms with Gasteiger partial charge in [0.15, 0.2) is 0 Å². The number of alkyl halides is 12. The molecule has 4 saturated heterocycles. The number of carbonyl (C=O) groups is 6. The second kappa shape index (κ2) is 30.7. The smallest absolute Gasteiger partial charge is 0.434 e. The lowest BCUT2D eigenvalue weighted by molar-refractivity contribution is -0.314. The second-order valence-electron chi connectivity index (χ2n) is 28.6. The first-order valence-electron chi connectivity index (χ1n) is 36.7. The first-order chi connectivity index (χ1) is 57.2. The van der Waals surface area contributed by atoms with Crippen molar-refractivity contribution in [3.63, 3.8) is 0 Å². The van der Waals surface area contributed by atoms with E-state index < -0.39 is 165 Å². The number of ether oxygens (including phenoxy) is 14. The number of halogens is 12. The van der Waals surface area contributed by atoms with Crippen LogP contribution in [0.15, 0.2) is 170 Å². The Morgan fingerprint density at radius 1 is 0.342 bits per heavy atom. The van der Waals surface area contributed by atoms with Crippen molar-refractivity contribution in [2.24, 2.45) is 0 Å². The molecule has 0 spiro atoms. The summed E-state index contributed by atoms with van der Waals surface area (Å²) >= 11 is 0. The highest BCUT2D eigenvalue weighted by Crippen LogP contribution is 2.59. The number of epoxide rings is 4. The molecule has 0 saturated carbocycles. The van der Waals surface area contributed by atoms with Gasteiger partial charge in [-0.15, -0.1) is 0 Å². The Balaban J connectivity index is 0.995. The minimum absolute atomic E-state index is 0.00361. The molecule has 17 rings (SSSR count). The van der Waals surface area contributed by atoms with Crippen LogP contribution in [-0.2, 0) is 50.9 Å². The van der Waals surface area contributed by atoms with Crippen molar-refractivity contribution in [1.82, 2.24) is 9.80 Å². The van der Waals surface area contributed by atoms with Crippen molar-refractivity contribution in [3.05, 3.63) is 203 Å². The molecule has 6 aliphatic heterocycles. The Bertz CT molecular complexity index is 5290. The average Bonchev–Trinajstić information content (AvgIpc) is 0.837. The van der Waals surface area contributed by atoms with Gasteiger partial charge < -0.3 is 76.5 Å². The third-order valence-corrected chi connectivity index (χ3v) is 20.0. The second-order valence-corrected chi connectivity index (χ2v) is 28.6. The summed E-state index contributed by atoms with van der Waals surface area (Å²) in [6, 6.07) is 29.7. The van der Waals surface area contributed by atoms with E-state index in [1.807, 2.05) is 0 Å². The summed E-state index contributed by atoms with van der Waals surface area (Å²) in [4.78, 5) is 95.6. The molecule has 24 nitrogen and oxygen atoms in total. The van der Waals surface area contributed by atoms with Gasteiger partial charge in [0.1, 0.15) is 143 Å². The molecule has 4 fully saturated rings. The van der Waals surface area contributed by atoms with Crippen LogP contribution >= 0.6 is 0 Å². The molecule has 36 heteroatoms. The molecule has 6 unspecified atom stereocenters. The molecule has 6 aliphatic rings. The van der Waals surface area contributed by atoms with Crippen molar-refractivity contribution >= 4 is 78.7 Å². The van der Waals surface area contributed by atoms with E-state index in [9.17, 15) is 72.5 Å². The van der Waals surface area contributed by atoms with E-state index in [0.717, 1.165) is 72.8 Å². The molecule has 0 radical (unpaired) electrons. The fourth-order valence-corrected chi connectivity index (χ4v) is 14.2. The third kappa shape index (κ3) is 16.4. The molecule has 6 heterocycles. The van der Waals surface area contributed by atoms with E-state index in [0.29, 0.717) is 26.4 Å². The fourth-order valence-electron chi connectivity index (χ4n) is 14.2. The zero-order valence-corrected chi connectivity index (χ0v) is 61.3. The summed E-state index contributed by atoms with van der Waals surface area (Å²) in [5.74, 6) is -14.6. The summed E-state index contributed by atoms with van der Waals surface area (Å²) in [5.41, 5.74) is -3.21. The van der Waals surface area contributed by atoms with Crippen LogP contribution in [-0.4, -0.2) is 182 Å². The van der Waals surface area contributed by atoms with Gasteiger partial charge >= 0.3 is 36.6 Å². The van der Waals surface area contributed by atoms with E-state index in [4.69, 9.17) is 56.8 Å². The molecule has 0 bridgehead atoms. The number of hydrogen-bond donors (Lipinski definition) is 2. The highest BCUT2D eigenvalue weighted by Gasteiger charge is 2.62. The summed E-state index contributed by atoms with van der Waals surface area (Å²) in [7, 11) is 0. The number of hydrogen-bond acceptors (Lipinski definition) is 22. The van der Waals surface area contributed by atoms with Crippen molar-refractivity contribution < 1.29 is 158 Å². The molecule has 4 amide bonds. The Kier molecular flexibility index (Phi) is 20.3. The van der Waals surface area contributed by atoms with E-state index in [-0.39, 0.29) is 150 Å². The molecule has 620 valence electrons. The summed E-state index contributed by atoms with van der Waals surface area (Å²) in [6.07, 6.45) is -38.7. The van der Waals surface area contributed by atoms with E-state index in [1.165, 1.54) is 97.1 Å². The number of aromatic hydroxyl groups is 2. The molecule has 6 atom stereocenters. The number of phenols is 2. The maximum Gasteiger partial charge on any atom is 0.434 e. The SMILES string of the molecule is O=C(OC(C(F)(F)F)C(F)(F)F)C(Cc1ccc(O)cc1)N1C(=O)c2cc(Oc3cccc(OCC4CO4)c3)c3c4c(Oc5cccc(OCC6CO6)c5)cc5c6c(cc(Oc7cccc(OCC8CO8)c7)c(c7c(Oc8cccc(OCC9CO9)c8)cc(c2c37)C1=O)c64)C(=O)N(C(Cc1ccc(O)cc1)C(=O)OC(C(F)(F)F)C(F)(F)F)C5=O. The van der Waals surface area contributed by atoms with Crippen molar-refractivity contribution in [2.75, 3.05) is 52.9 Å². The molecule has 11 aromatic rings. The van der Waals surface area contributed by atoms with Gasteiger partial charge in [0.2, 0.25) is 0 Å². The van der Waals surface area contributed by atoms with Crippen LogP contribution in [0.4, 0.5) is 52.7 Å². The van der Waals surface area contributed by atoms with Gasteiger partial charge in [0.05, 0.1) is 48.7 Å².